The van der Waals surface area contributed by atoms with Crippen molar-refractivity contribution < 1.29 is 9.72 Å². The van der Waals surface area contributed by atoms with Crippen molar-refractivity contribution in [2.75, 3.05) is 18.0 Å². The summed E-state index contributed by atoms with van der Waals surface area (Å²) in [5.74, 6) is -0.0570. The highest BCUT2D eigenvalue weighted by molar-refractivity contribution is 6.30. The number of nitrogens with zero attached hydrogens (tertiary/aromatic N) is 2. The number of nitro groups is 1. The summed E-state index contributed by atoms with van der Waals surface area (Å²) >= 11 is 5.90. The Hall–Kier alpha value is -2.60. The van der Waals surface area contributed by atoms with Crippen LogP contribution in [0.25, 0.3) is 0 Å². The lowest BCUT2D eigenvalue weighted by Crippen LogP contribution is -2.41. The minimum absolute atomic E-state index is 0.0275. The highest BCUT2D eigenvalue weighted by Gasteiger charge is 2.28. The second kappa shape index (κ2) is 8.39. The van der Waals surface area contributed by atoms with Crippen molar-refractivity contribution in [1.29, 1.82) is 0 Å². The second-order valence-electron chi connectivity index (χ2n) is 6.79. The number of para-hydroxylation sites is 2. The fourth-order valence-electron chi connectivity index (χ4n) is 3.43. The number of piperidine rings is 1. The van der Waals surface area contributed by atoms with E-state index < -0.39 is 0 Å². The number of halogens is 1. The zero-order valence-electron chi connectivity index (χ0n) is 15.1. The number of hydrogen-bond acceptors (Lipinski definition) is 4. The number of benzene rings is 2. The molecule has 1 N–H and O–H groups in total. The van der Waals surface area contributed by atoms with Crippen LogP contribution in [0, 0.1) is 16.0 Å². The molecule has 1 atom stereocenters. The Kier molecular flexibility index (Phi) is 5.96. The molecule has 0 aliphatic carbocycles. The molecule has 2 aromatic carbocycles. The number of carbonyl (C=O) groups excluding carboxylic acids is 1. The normalized spacial score (nSPS) is 16.0. The van der Waals surface area contributed by atoms with Crippen LogP contribution in [0.2, 0.25) is 5.02 Å². The van der Waals surface area contributed by atoms with E-state index in [0.717, 1.165) is 5.56 Å². The van der Waals surface area contributed by atoms with Crippen LogP contribution >= 0.6 is 11.6 Å². The largest absolute Gasteiger partial charge is 0.366 e. The maximum Gasteiger partial charge on any atom is 0.292 e. The first-order valence-electron chi connectivity index (χ1n) is 9.00. The number of carbonyl (C=O) groups is 1. The van der Waals surface area contributed by atoms with Gasteiger partial charge in [0.2, 0.25) is 5.91 Å². The SMILES string of the molecule is CC(NC(=O)C1CCN(c2ccccc2[N+](=O)[O-])CC1)c1ccc(Cl)cc1. The molecule has 1 saturated heterocycles. The molecule has 0 saturated carbocycles. The highest BCUT2D eigenvalue weighted by Crippen LogP contribution is 2.31. The maximum atomic E-state index is 12.6. The zero-order valence-corrected chi connectivity index (χ0v) is 15.9. The van der Waals surface area contributed by atoms with Gasteiger partial charge in [-0.15, -0.1) is 0 Å². The Morgan fingerprint density at radius 2 is 1.81 bits per heavy atom. The van der Waals surface area contributed by atoms with E-state index in [1.165, 1.54) is 6.07 Å². The Morgan fingerprint density at radius 1 is 1.19 bits per heavy atom. The zero-order chi connectivity index (χ0) is 19.4. The van der Waals surface area contributed by atoms with Crippen LogP contribution in [0.5, 0.6) is 0 Å². The maximum absolute atomic E-state index is 12.6. The monoisotopic (exact) mass is 387 g/mol. The van der Waals surface area contributed by atoms with Gasteiger partial charge in [-0.3, -0.25) is 14.9 Å². The molecule has 142 valence electrons. The smallest absolute Gasteiger partial charge is 0.292 e. The molecule has 27 heavy (non-hydrogen) atoms. The van der Waals surface area contributed by atoms with Gasteiger partial charge in [0.1, 0.15) is 5.69 Å². The molecule has 0 spiro atoms. The van der Waals surface area contributed by atoms with Crippen molar-refractivity contribution in [2.45, 2.75) is 25.8 Å². The number of anilines is 1. The van der Waals surface area contributed by atoms with Gasteiger partial charge in [0.25, 0.3) is 5.69 Å². The van der Waals surface area contributed by atoms with Crippen LogP contribution in [0.15, 0.2) is 48.5 Å². The van der Waals surface area contributed by atoms with Gasteiger partial charge in [-0.05, 0) is 43.5 Å². The first kappa shape index (κ1) is 19.2. The van der Waals surface area contributed by atoms with Crippen molar-refractivity contribution in [3.8, 4) is 0 Å². The highest BCUT2D eigenvalue weighted by atomic mass is 35.5. The number of amides is 1. The van der Waals surface area contributed by atoms with Crippen LogP contribution in [-0.2, 0) is 4.79 Å². The predicted molar refractivity (Wildman–Crippen MR) is 106 cm³/mol. The van der Waals surface area contributed by atoms with E-state index in [2.05, 4.69) is 5.32 Å². The van der Waals surface area contributed by atoms with E-state index in [1.54, 1.807) is 18.2 Å². The van der Waals surface area contributed by atoms with Gasteiger partial charge in [-0.25, -0.2) is 0 Å². The molecule has 1 amide bonds. The van der Waals surface area contributed by atoms with Crippen molar-refractivity contribution in [3.63, 3.8) is 0 Å². The third-order valence-electron chi connectivity index (χ3n) is 5.01. The Labute approximate surface area is 163 Å². The van der Waals surface area contributed by atoms with E-state index in [9.17, 15) is 14.9 Å². The molecule has 2 aromatic rings. The minimum Gasteiger partial charge on any atom is -0.366 e. The van der Waals surface area contributed by atoms with E-state index >= 15 is 0 Å². The summed E-state index contributed by atoms with van der Waals surface area (Å²) in [6, 6.07) is 14.1. The second-order valence-corrected chi connectivity index (χ2v) is 7.23. The van der Waals surface area contributed by atoms with Crippen molar-refractivity contribution >= 4 is 28.9 Å². The summed E-state index contributed by atoms with van der Waals surface area (Å²) in [4.78, 5) is 25.5. The fraction of sp³-hybridized carbons (Fsp3) is 0.350. The minimum atomic E-state index is -0.359. The average molecular weight is 388 g/mol. The molecule has 0 radical (unpaired) electrons. The molecular weight excluding hydrogens is 366 g/mol. The van der Waals surface area contributed by atoms with Gasteiger partial charge in [0, 0.05) is 30.1 Å². The number of rotatable bonds is 5. The van der Waals surface area contributed by atoms with E-state index in [4.69, 9.17) is 11.6 Å². The summed E-state index contributed by atoms with van der Waals surface area (Å²) in [7, 11) is 0. The Bertz CT molecular complexity index is 817. The van der Waals surface area contributed by atoms with Crippen LogP contribution in [0.3, 0.4) is 0 Å². The standard InChI is InChI=1S/C20H22ClN3O3/c1-14(15-6-8-17(21)9-7-15)22-20(25)16-10-12-23(13-11-16)18-4-2-3-5-19(18)24(26)27/h2-9,14,16H,10-13H2,1H3,(H,22,25). The van der Waals surface area contributed by atoms with E-state index in [-0.39, 0.29) is 28.5 Å². The first-order valence-corrected chi connectivity index (χ1v) is 9.37. The average Bonchev–Trinajstić information content (AvgIpc) is 2.68. The van der Waals surface area contributed by atoms with Gasteiger partial charge in [-0.1, -0.05) is 35.9 Å². The molecule has 3 rings (SSSR count). The van der Waals surface area contributed by atoms with Crippen LogP contribution in [0.1, 0.15) is 31.4 Å². The third kappa shape index (κ3) is 4.57. The topological polar surface area (TPSA) is 75.5 Å². The Morgan fingerprint density at radius 3 is 2.44 bits per heavy atom. The summed E-state index contributed by atoms with van der Waals surface area (Å²) in [6.45, 7) is 3.19. The van der Waals surface area contributed by atoms with Crippen LogP contribution < -0.4 is 10.2 Å². The summed E-state index contributed by atoms with van der Waals surface area (Å²) in [5, 5.41) is 14.9. The molecule has 1 aliphatic rings. The molecule has 7 heteroatoms. The molecule has 6 nitrogen and oxygen atoms in total. The lowest BCUT2D eigenvalue weighted by molar-refractivity contribution is -0.384. The summed E-state index contributed by atoms with van der Waals surface area (Å²) in [5.41, 5.74) is 1.73. The fourth-order valence-corrected chi connectivity index (χ4v) is 3.56. The molecule has 1 fully saturated rings. The quantitative estimate of drug-likeness (QED) is 0.611. The predicted octanol–water partition coefficient (Wildman–Crippen LogP) is 4.34. The summed E-state index contributed by atoms with van der Waals surface area (Å²) < 4.78 is 0. The van der Waals surface area contributed by atoms with Gasteiger partial charge in [0.15, 0.2) is 0 Å². The molecule has 0 bridgehead atoms. The van der Waals surface area contributed by atoms with Crippen LogP contribution in [-0.4, -0.2) is 23.9 Å². The molecule has 1 heterocycles. The third-order valence-corrected chi connectivity index (χ3v) is 5.27. The number of nitro benzene ring substituents is 1. The van der Waals surface area contributed by atoms with Crippen LogP contribution in [0.4, 0.5) is 11.4 Å². The molecule has 1 unspecified atom stereocenters. The van der Waals surface area contributed by atoms with Gasteiger partial charge in [-0.2, -0.15) is 0 Å². The molecule has 1 aliphatic heterocycles. The van der Waals surface area contributed by atoms with Crippen molar-refractivity contribution in [3.05, 3.63) is 69.2 Å². The van der Waals surface area contributed by atoms with E-state index in [1.807, 2.05) is 36.1 Å². The first-order chi connectivity index (χ1) is 13.0. The lowest BCUT2D eigenvalue weighted by Gasteiger charge is -2.33. The van der Waals surface area contributed by atoms with Gasteiger partial charge in [0.05, 0.1) is 11.0 Å². The van der Waals surface area contributed by atoms with Gasteiger partial charge >= 0.3 is 0 Å². The van der Waals surface area contributed by atoms with Crippen molar-refractivity contribution in [1.82, 2.24) is 5.32 Å². The lowest BCUT2D eigenvalue weighted by atomic mass is 9.94. The number of nitrogens with one attached hydrogen (secondary N) is 1. The van der Waals surface area contributed by atoms with Gasteiger partial charge < -0.3 is 10.2 Å². The Balaban J connectivity index is 1.58. The molecule has 0 aromatic heterocycles. The number of hydrogen-bond donors (Lipinski definition) is 1. The molecular formula is C20H22ClN3O3. The summed E-state index contributed by atoms with van der Waals surface area (Å²) in [6.07, 6.45) is 1.34. The van der Waals surface area contributed by atoms with E-state index in [0.29, 0.717) is 36.6 Å². The van der Waals surface area contributed by atoms with Crippen molar-refractivity contribution in [2.24, 2.45) is 5.92 Å².